The van der Waals surface area contributed by atoms with Crippen LogP contribution in [0.1, 0.15) is 11.4 Å². The monoisotopic (exact) mass is 273 g/mol. The Bertz CT molecular complexity index is 704. The smallest absolute Gasteiger partial charge is 0.146 e. The van der Waals surface area contributed by atoms with Gasteiger partial charge < -0.3 is 10.3 Å². The van der Waals surface area contributed by atoms with Gasteiger partial charge in [0.1, 0.15) is 12.1 Å². The molecule has 0 radical (unpaired) electrons. The second-order valence-corrected chi connectivity index (χ2v) is 4.25. The zero-order chi connectivity index (χ0) is 13.9. The predicted octanol–water partition coefficient (Wildman–Crippen LogP) is 1.45. The molecule has 20 heavy (non-hydrogen) atoms. The number of H-pyrrole nitrogens is 1. The van der Waals surface area contributed by atoms with E-state index in [1.165, 1.54) is 17.1 Å². The number of imidazole rings is 1. The van der Waals surface area contributed by atoms with Crippen molar-refractivity contribution >= 4 is 5.69 Å². The molecule has 7 nitrogen and oxygen atoms in total. The van der Waals surface area contributed by atoms with Crippen LogP contribution < -0.4 is 5.32 Å². The molecule has 0 fully saturated rings. The first-order chi connectivity index (χ1) is 9.74. The highest BCUT2D eigenvalue weighted by atomic mass is 19.1. The lowest BCUT2D eigenvalue weighted by atomic mass is 10.2. The van der Waals surface area contributed by atoms with Gasteiger partial charge in [-0.05, 0) is 35.5 Å². The van der Waals surface area contributed by atoms with Gasteiger partial charge in [0, 0.05) is 5.69 Å². The highest BCUT2D eigenvalue weighted by Gasteiger charge is 2.07. The van der Waals surface area contributed by atoms with Crippen molar-refractivity contribution < 1.29 is 4.39 Å². The van der Waals surface area contributed by atoms with Gasteiger partial charge in [0.05, 0.1) is 29.9 Å². The van der Waals surface area contributed by atoms with Crippen molar-refractivity contribution in [2.24, 2.45) is 0 Å². The topological polar surface area (TPSA) is 84.3 Å². The molecule has 2 heterocycles. The van der Waals surface area contributed by atoms with E-state index in [0.717, 1.165) is 11.4 Å². The Morgan fingerprint density at radius 1 is 1.40 bits per heavy atom. The van der Waals surface area contributed by atoms with Crippen LogP contribution >= 0.6 is 0 Å². The summed E-state index contributed by atoms with van der Waals surface area (Å²) in [7, 11) is 0. The average molecular weight is 273 g/mol. The Kier molecular flexibility index (Phi) is 3.12. The third kappa shape index (κ3) is 2.35. The number of anilines is 1. The van der Waals surface area contributed by atoms with Crippen molar-refractivity contribution in [2.75, 3.05) is 5.32 Å². The number of hydrogen-bond donors (Lipinski definition) is 2. The van der Waals surface area contributed by atoms with Gasteiger partial charge in [-0.15, -0.1) is 5.10 Å². The zero-order valence-electron chi connectivity index (χ0n) is 10.7. The van der Waals surface area contributed by atoms with Crippen LogP contribution in [0.5, 0.6) is 0 Å². The van der Waals surface area contributed by atoms with Crippen LogP contribution in [0, 0.1) is 12.7 Å². The number of nitrogens with one attached hydrogen (secondary N) is 2. The minimum Gasteiger partial charge on any atom is -0.377 e. The van der Waals surface area contributed by atoms with Crippen LogP contribution in [0.2, 0.25) is 0 Å². The molecule has 0 aliphatic carbocycles. The molecule has 0 aliphatic heterocycles. The van der Waals surface area contributed by atoms with Crippen molar-refractivity contribution in [3.05, 3.63) is 48.1 Å². The summed E-state index contributed by atoms with van der Waals surface area (Å²) in [6.45, 7) is 2.35. The number of halogens is 1. The summed E-state index contributed by atoms with van der Waals surface area (Å²) in [5.41, 5.74) is 2.85. The van der Waals surface area contributed by atoms with Gasteiger partial charge in [0.25, 0.3) is 0 Å². The summed E-state index contributed by atoms with van der Waals surface area (Å²) in [5.74, 6) is -0.338. The van der Waals surface area contributed by atoms with E-state index in [4.69, 9.17) is 0 Å². The number of benzene rings is 1. The van der Waals surface area contributed by atoms with Gasteiger partial charge in [-0.25, -0.2) is 14.1 Å². The van der Waals surface area contributed by atoms with Crippen molar-refractivity contribution in [1.29, 1.82) is 0 Å². The summed E-state index contributed by atoms with van der Waals surface area (Å²) in [6, 6.07) is 4.63. The highest BCUT2D eigenvalue weighted by Crippen LogP contribution is 2.19. The van der Waals surface area contributed by atoms with E-state index in [1.54, 1.807) is 18.5 Å². The minimum absolute atomic E-state index is 0.338. The highest BCUT2D eigenvalue weighted by molar-refractivity contribution is 5.52. The second-order valence-electron chi connectivity index (χ2n) is 4.25. The third-order valence-electron chi connectivity index (χ3n) is 2.94. The fourth-order valence-electron chi connectivity index (χ4n) is 1.82. The Balaban J connectivity index is 1.82. The quantitative estimate of drug-likeness (QED) is 0.751. The molecule has 8 heteroatoms. The fourth-order valence-corrected chi connectivity index (χ4v) is 1.82. The van der Waals surface area contributed by atoms with Crippen molar-refractivity contribution in [3.63, 3.8) is 0 Å². The first-order valence-corrected chi connectivity index (χ1v) is 5.99. The molecule has 0 spiro atoms. The number of aromatic amines is 1. The number of hydrogen-bond acceptors (Lipinski definition) is 5. The van der Waals surface area contributed by atoms with Crippen LogP contribution in [-0.4, -0.2) is 30.2 Å². The summed E-state index contributed by atoms with van der Waals surface area (Å²) in [4.78, 5) is 7.13. The lowest BCUT2D eigenvalue weighted by molar-refractivity contribution is 0.629. The Morgan fingerprint density at radius 3 is 3.00 bits per heavy atom. The van der Waals surface area contributed by atoms with Crippen LogP contribution in [0.25, 0.3) is 5.69 Å². The standard InChI is InChI=1S/C12H12FN7/c1-8-12(16-6-15-8)5-14-11-4-9(2-3-10(11)13)20-7-17-18-19-20/h2-4,6-7,14H,5H2,1H3,(H,15,16). The Hall–Kier alpha value is -2.77. The molecule has 0 unspecified atom stereocenters. The van der Waals surface area contributed by atoms with E-state index in [1.807, 2.05) is 6.92 Å². The molecule has 102 valence electrons. The average Bonchev–Trinajstić information content (AvgIpc) is 3.10. The number of tetrazole rings is 1. The molecule has 0 bridgehead atoms. The minimum atomic E-state index is -0.338. The summed E-state index contributed by atoms with van der Waals surface area (Å²) >= 11 is 0. The number of aromatic nitrogens is 6. The van der Waals surface area contributed by atoms with Crippen LogP contribution in [0.4, 0.5) is 10.1 Å². The van der Waals surface area contributed by atoms with Gasteiger partial charge in [-0.1, -0.05) is 0 Å². The molecular weight excluding hydrogens is 261 g/mol. The maximum Gasteiger partial charge on any atom is 0.146 e. The van der Waals surface area contributed by atoms with Gasteiger partial charge >= 0.3 is 0 Å². The van der Waals surface area contributed by atoms with Crippen molar-refractivity contribution in [1.82, 2.24) is 30.2 Å². The largest absolute Gasteiger partial charge is 0.377 e. The first-order valence-electron chi connectivity index (χ1n) is 5.99. The normalized spacial score (nSPS) is 10.7. The lowest BCUT2D eigenvalue weighted by Gasteiger charge is -2.08. The number of rotatable bonds is 4. The molecule has 0 aliphatic rings. The van der Waals surface area contributed by atoms with Gasteiger partial charge in [-0.2, -0.15) is 0 Å². The summed E-state index contributed by atoms with van der Waals surface area (Å²) < 4.78 is 15.3. The zero-order valence-corrected chi connectivity index (χ0v) is 10.7. The fraction of sp³-hybridized carbons (Fsp3) is 0.167. The summed E-state index contributed by atoms with van der Waals surface area (Å²) in [5, 5.41) is 13.9. The lowest BCUT2D eigenvalue weighted by Crippen LogP contribution is -2.05. The maximum atomic E-state index is 13.8. The molecule has 0 saturated carbocycles. The van der Waals surface area contributed by atoms with E-state index in [-0.39, 0.29) is 5.82 Å². The number of nitrogens with zero attached hydrogens (tertiary/aromatic N) is 5. The predicted molar refractivity (Wildman–Crippen MR) is 69.8 cm³/mol. The molecule has 0 atom stereocenters. The van der Waals surface area contributed by atoms with Gasteiger partial charge in [0.2, 0.25) is 0 Å². The van der Waals surface area contributed by atoms with Crippen molar-refractivity contribution in [2.45, 2.75) is 13.5 Å². The van der Waals surface area contributed by atoms with Gasteiger partial charge in [0.15, 0.2) is 0 Å². The van der Waals surface area contributed by atoms with E-state index in [2.05, 4.69) is 30.8 Å². The second kappa shape index (κ2) is 5.08. The van der Waals surface area contributed by atoms with Crippen molar-refractivity contribution in [3.8, 4) is 5.69 Å². The van der Waals surface area contributed by atoms with E-state index < -0.39 is 0 Å². The van der Waals surface area contributed by atoms with Crippen LogP contribution in [0.15, 0.2) is 30.9 Å². The number of aryl methyl sites for hydroxylation is 1. The molecule has 0 saturated heterocycles. The van der Waals surface area contributed by atoms with Gasteiger partial charge in [-0.3, -0.25) is 0 Å². The molecule has 2 aromatic heterocycles. The molecule has 3 rings (SSSR count). The summed E-state index contributed by atoms with van der Waals surface area (Å²) in [6.07, 6.45) is 3.06. The van der Waals surface area contributed by atoms with E-state index in [9.17, 15) is 4.39 Å². The molecular formula is C12H12FN7. The Labute approximate surface area is 113 Å². The molecule has 3 aromatic rings. The Morgan fingerprint density at radius 2 is 2.30 bits per heavy atom. The molecule has 0 amide bonds. The van der Waals surface area contributed by atoms with Crippen LogP contribution in [-0.2, 0) is 6.54 Å². The first kappa shape index (κ1) is 12.3. The molecule has 1 aromatic carbocycles. The van der Waals surface area contributed by atoms with Crippen LogP contribution in [0.3, 0.4) is 0 Å². The maximum absolute atomic E-state index is 13.8. The van der Waals surface area contributed by atoms with E-state index in [0.29, 0.717) is 17.9 Å². The third-order valence-corrected chi connectivity index (χ3v) is 2.94. The van der Waals surface area contributed by atoms with E-state index >= 15 is 0 Å². The SMILES string of the molecule is Cc1[nH]cnc1CNc1cc(-n2cnnn2)ccc1F. The molecule has 2 N–H and O–H groups in total.